The van der Waals surface area contributed by atoms with Crippen LogP contribution < -0.4 is 0 Å². The Morgan fingerprint density at radius 2 is 0.898 bits per heavy atom. The Hall–Kier alpha value is -8.13. The molecule has 9 aromatic carbocycles. The maximum absolute atomic E-state index is 9.36. The van der Waals surface area contributed by atoms with Crippen molar-refractivity contribution in [3.63, 3.8) is 0 Å². The summed E-state index contributed by atoms with van der Waals surface area (Å²) in [5.74, 6) is 0.679. The highest BCUT2D eigenvalue weighted by Crippen LogP contribution is 2.38. The highest BCUT2D eigenvalue weighted by molar-refractivity contribution is 6.09. The topological polar surface area (TPSA) is 54.5 Å². The fourth-order valence-corrected chi connectivity index (χ4v) is 8.54. The number of fused-ring (bicyclic) bond motifs is 5. The number of hydrogen-bond acceptors (Lipinski definition) is 3. The van der Waals surface area contributed by atoms with Crippen LogP contribution in [0, 0.1) is 11.3 Å². The lowest BCUT2D eigenvalue weighted by Crippen LogP contribution is -1.97. The zero-order chi connectivity index (χ0) is 39.3. The van der Waals surface area contributed by atoms with Crippen molar-refractivity contribution in [2.75, 3.05) is 0 Å². The van der Waals surface area contributed by atoms with Crippen LogP contribution in [-0.4, -0.2) is 14.5 Å². The molecular weight excluding hydrogens is 717 g/mol. The highest BCUT2D eigenvalue weighted by Gasteiger charge is 2.16. The monoisotopic (exact) mass is 750 g/mol. The van der Waals surface area contributed by atoms with Gasteiger partial charge in [-0.1, -0.05) is 152 Å². The Morgan fingerprint density at radius 1 is 0.373 bits per heavy atom. The summed E-state index contributed by atoms with van der Waals surface area (Å²) in [6.45, 7) is 0. The molecule has 59 heavy (non-hydrogen) atoms. The summed E-state index contributed by atoms with van der Waals surface area (Å²) in [5, 5.41) is 16.4. The molecule has 0 atom stereocenters. The Balaban J connectivity index is 0.967. The lowest BCUT2D eigenvalue weighted by atomic mass is 9.93. The molecule has 2 aromatic heterocycles. The normalized spacial score (nSPS) is 11.4. The number of hydrogen-bond donors (Lipinski definition) is 0. The van der Waals surface area contributed by atoms with Crippen molar-refractivity contribution in [1.82, 2.24) is 14.5 Å². The molecule has 0 amide bonds. The quantitative estimate of drug-likeness (QED) is 0.170. The molecular formula is C55H34N4. The van der Waals surface area contributed by atoms with Crippen LogP contribution in [0.5, 0.6) is 0 Å². The zero-order valence-electron chi connectivity index (χ0n) is 31.9. The van der Waals surface area contributed by atoms with Gasteiger partial charge in [-0.25, -0.2) is 9.97 Å². The van der Waals surface area contributed by atoms with Crippen LogP contribution in [0.15, 0.2) is 206 Å². The van der Waals surface area contributed by atoms with Gasteiger partial charge in [0.25, 0.3) is 0 Å². The van der Waals surface area contributed by atoms with Crippen LogP contribution in [0.1, 0.15) is 5.56 Å². The van der Waals surface area contributed by atoms with Gasteiger partial charge in [0.05, 0.1) is 34.1 Å². The van der Waals surface area contributed by atoms with Crippen molar-refractivity contribution in [2.45, 2.75) is 0 Å². The van der Waals surface area contributed by atoms with Crippen molar-refractivity contribution in [2.24, 2.45) is 0 Å². The summed E-state index contributed by atoms with van der Waals surface area (Å²) in [5.41, 5.74) is 13.5. The molecule has 0 aliphatic rings. The molecule has 2 heterocycles. The Morgan fingerprint density at radius 3 is 1.58 bits per heavy atom. The van der Waals surface area contributed by atoms with E-state index in [-0.39, 0.29) is 0 Å². The van der Waals surface area contributed by atoms with E-state index in [1.165, 1.54) is 38.3 Å². The molecule has 0 radical (unpaired) electrons. The third kappa shape index (κ3) is 6.01. The molecule has 274 valence electrons. The standard InChI is InChI=1S/C55H34N4/c56-35-36-18-20-38(21-19-36)45-30-31-48(47-13-5-4-12-46(45)47)52-34-51(57-55(58-52)39-10-2-1-3-11-39)43-25-24-41-32-40(22-23-42(41)33-43)37-26-28-44(29-27-37)59-53-16-8-6-14-49(53)50-15-7-9-17-54(50)59/h1-34H. The minimum absolute atomic E-state index is 0.646. The summed E-state index contributed by atoms with van der Waals surface area (Å²) < 4.78 is 2.35. The maximum atomic E-state index is 9.36. The zero-order valence-corrected chi connectivity index (χ0v) is 31.9. The van der Waals surface area contributed by atoms with Crippen LogP contribution in [0.2, 0.25) is 0 Å². The fraction of sp³-hybridized carbons (Fsp3) is 0. The van der Waals surface area contributed by atoms with E-state index in [9.17, 15) is 5.26 Å². The molecule has 0 spiro atoms. The van der Waals surface area contributed by atoms with E-state index >= 15 is 0 Å². The van der Waals surface area contributed by atoms with Gasteiger partial charge in [0, 0.05) is 33.2 Å². The van der Waals surface area contributed by atoms with Gasteiger partial charge >= 0.3 is 0 Å². The van der Waals surface area contributed by atoms with Crippen LogP contribution >= 0.6 is 0 Å². The van der Waals surface area contributed by atoms with E-state index in [4.69, 9.17) is 9.97 Å². The Bertz CT molecular complexity index is 3380. The third-order valence-corrected chi connectivity index (χ3v) is 11.5. The number of nitriles is 1. The number of benzene rings is 9. The molecule has 0 aliphatic heterocycles. The molecule has 0 bridgehead atoms. The van der Waals surface area contributed by atoms with Crippen LogP contribution in [0.3, 0.4) is 0 Å². The second-order valence-electron chi connectivity index (χ2n) is 14.9. The van der Waals surface area contributed by atoms with Crippen molar-refractivity contribution < 1.29 is 0 Å². The van der Waals surface area contributed by atoms with Gasteiger partial charge in [0.15, 0.2) is 5.82 Å². The Labute approximate surface area is 341 Å². The van der Waals surface area contributed by atoms with Crippen molar-refractivity contribution in [3.05, 3.63) is 212 Å². The second kappa shape index (κ2) is 14.1. The van der Waals surface area contributed by atoms with Gasteiger partial charge < -0.3 is 4.57 Å². The van der Waals surface area contributed by atoms with Gasteiger partial charge in [-0.3, -0.25) is 0 Å². The van der Waals surface area contributed by atoms with Crippen molar-refractivity contribution in [3.8, 4) is 67.9 Å². The summed E-state index contributed by atoms with van der Waals surface area (Å²) in [7, 11) is 0. The lowest BCUT2D eigenvalue weighted by Gasteiger charge is -2.14. The smallest absolute Gasteiger partial charge is 0.160 e. The Kier molecular flexibility index (Phi) is 8.17. The maximum Gasteiger partial charge on any atom is 0.160 e. The van der Waals surface area contributed by atoms with Gasteiger partial charge in [0.2, 0.25) is 0 Å². The number of aromatic nitrogens is 3. The number of nitrogens with zero attached hydrogens (tertiary/aromatic N) is 4. The minimum Gasteiger partial charge on any atom is -0.309 e. The average molecular weight is 751 g/mol. The van der Waals surface area contributed by atoms with Crippen molar-refractivity contribution in [1.29, 1.82) is 5.26 Å². The van der Waals surface area contributed by atoms with E-state index in [0.717, 1.165) is 61.1 Å². The summed E-state index contributed by atoms with van der Waals surface area (Å²) in [6.07, 6.45) is 0. The van der Waals surface area contributed by atoms with Crippen LogP contribution in [0.4, 0.5) is 0 Å². The molecule has 0 fully saturated rings. The van der Waals surface area contributed by atoms with E-state index in [1.807, 2.05) is 42.5 Å². The number of rotatable bonds is 6. The molecule has 0 saturated carbocycles. The lowest BCUT2D eigenvalue weighted by molar-refractivity contribution is 1.18. The summed E-state index contributed by atoms with van der Waals surface area (Å²) in [6, 6.07) is 74.6. The molecule has 11 rings (SSSR count). The summed E-state index contributed by atoms with van der Waals surface area (Å²) in [4.78, 5) is 10.3. The predicted octanol–water partition coefficient (Wildman–Crippen LogP) is 14.1. The first kappa shape index (κ1) is 34.1. The van der Waals surface area contributed by atoms with Gasteiger partial charge in [-0.15, -0.1) is 0 Å². The minimum atomic E-state index is 0.646. The molecule has 4 heteroatoms. The molecule has 0 unspecified atom stereocenters. The fourth-order valence-electron chi connectivity index (χ4n) is 8.54. The number of para-hydroxylation sites is 2. The first-order chi connectivity index (χ1) is 29.2. The van der Waals surface area contributed by atoms with Gasteiger partial charge in [-0.05, 0) is 98.4 Å². The largest absolute Gasteiger partial charge is 0.309 e. The molecule has 11 aromatic rings. The first-order valence-corrected chi connectivity index (χ1v) is 19.8. The highest BCUT2D eigenvalue weighted by atomic mass is 15.0. The van der Waals surface area contributed by atoms with E-state index in [2.05, 4.69) is 174 Å². The predicted molar refractivity (Wildman–Crippen MR) is 243 cm³/mol. The second-order valence-corrected chi connectivity index (χ2v) is 14.9. The van der Waals surface area contributed by atoms with E-state index < -0.39 is 0 Å². The first-order valence-electron chi connectivity index (χ1n) is 19.8. The summed E-state index contributed by atoms with van der Waals surface area (Å²) >= 11 is 0. The van der Waals surface area contributed by atoms with E-state index in [0.29, 0.717) is 11.4 Å². The molecule has 0 saturated heterocycles. The van der Waals surface area contributed by atoms with Crippen molar-refractivity contribution >= 4 is 43.4 Å². The SMILES string of the molecule is N#Cc1ccc(-c2ccc(-c3cc(-c4ccc5cc(-c6ccc(-n7c8ccccc8c8ccccc87)cc6)ccc5c4)nc(-c4ccccc4)n3)c3ccccc23)cc1. The van der Waals surface area contributed by atoms with Gasteiger partial charge in [0.1, 0.15) is 0 Å². The molecule has 0 aliphatic carbocycles. The van der Waals surface area contributed by atoms with Gasteiger partial charge in [-0.2, -0.15) is 5.26 Å². The third-order valence-electron chi connectivity index (χ3n) is 11.5. The van der Waals surface area contributed by atoms with Crippen LogP contribution in [0.25, 0.3) is 105 Å². The molecule has 0 N–H and O–H groups in total. The average Bonchev–Trinajstić information content (AvgIpc) is 3.65. The molecule has 4 nitrogen and oxygen atoms in total. The van der Waals surface area contributed by atoms with Crippen LogP contribution in [-0.2, 0) is 0 Å². The van der Waals surface area contributed by atoms with E-state index in [1.54, 1.807) is 0 Å².